The Balaban J connectivity index is 2.35. The molecule has 0 aliphatic heterocycles. The summed E-state index contributed by atoms with van der Waals surface area (Å²) in [7, 11) is -2.44. The summed E-state index contributed by atoms with van der Waals surface area (Å²) in [5.74, 6) is 0.423. The number of aromatic amines is 1. The van der Waals surface area contributed by atoms with Crippen LogP contribution < -0.4 is 15.0 Å². The summed E-state index contributed by atoms with van der Waals surface area (Å²) in [6, 6.07) is 5.49. The van der Waals surface area contributed by atoms with Crippen LogP contribution in [-0.2, 0) is 10.0 Å². The Morgan fingerprint density at radius 2 is 1.90 bits per heavy atom. The van der Waals surface area contributed by atoms with E-state index < -0.39 is 15.6 Å². The molecule has 2 rings (SSSR count). The van der Waals surface area contributed by atoms with E-state index in [1.165, 1.54) is 25.3 Å². The fourth-order valence-corrected chi connectivity index (χ4v) is 3.07. The lowest BCUT2D eigenvalue weighted by Gasteiger charge is -2.10. The van der Waals surface area contributed by atoms with Gasteiger partial charge in [-0.25, -0.2) is 8.42 Å². The summed E-state index contributed by atoms with van der Waals surface area (Å²) in [5.41, 5.74) is -0.314. The molecule has 0 radical (unpaired) electrons. The maximum atomic E-state index is 12.2. The topological polar surface area (TPSA) is 88.3 Å². The molecule has 0 spiro atoms. The summed E-state index contributed by atoms with van der Waals surface area (Å²) < 4.78 is 31.6. The molecule has 1 heterocycles. The van der Waals surface area contributed by atoms with E-state index in [-0.39, 0.29) is 20.6 Å². The van der Waals surface area contributed by atoms with Crippen molar-refractivity contribution >= 4 is 38.9 Å². The molecule has 0 fully saturated rings. The van der Waals surface area contributed by atoms with Gasteiger partial charge in [0.2, 0.25) is 0 Å². The second-order valence-electron chi connectivity index (χ2n) is 3.97. The van der Waals surface area contributed by atoms with Gasteiger partial charge in [0.1, 0.15) is 15.7 Å². The number of H-pyrrole nitrogens is 1. The van der Waals surface area contributed by atoms with Crippen LogP contribution in [0.15, 0.2) is 40.2 Å². The third-order valence-electron chi connectivity index (χ3n) is 2.55. The summed E-state index contributed by atoms with van der Waals surface area (Å²) in [6.45, 7) is 0. The average molecular weight is 349 g/mol. The van der Waals surface area contributed by atoms with Gasteiger partial charge in [-0.2, -0.15) is 0 Å². The molecule has 0 aliphatic carbocycles. The Hall–Kier alpha value is -1.70. The molecule has 9 heteroatoms. The molecule has 0 saturated heterocycles. The highest BCUT2D eigenvalue weighted by molar-refractivity contribution is 7.92. The van der Waals surface area contributed by atoms with Crippen LogP contribution in [0.25, 0.3) is 0 Å². The van der Waals surface area contributed by atoms with Crippen LogP contribution in [0.4, 0.5) is 5.69 Å². The lowest BCUT2D eigenvalue weighted by atomic mass is 10.3. The molecule has 21 heavy (non-hydrogen) atoms. The van der Waals surface area contributed by atoms with E-state index in [9.17, 15) is 13.2 Å². The maximum Gasteiger partial charge on any atom is 0.266 e. The first-order chi connectivity index (χ1) is 9.83. The third kappa shape index (κ3) is 3.49. The third-order valence-corrected chi connectivity index (χ3v) is 4.48. The molecule has 112 valence electrons. The number of sulfonamides is 1. The van der Waals surface area contributed by atoms with Crippen molar-refractivity contribution in [2.24, 2.45) is 0 Å². The quantitative estimate of drug-likeness (QED) is 0.888. The fraction of sp³-hybridized carbons (Fsp3) is 0.0833. The molecule has 0 bridgehead atoms. The van der Waals surface area contributed by atoms with Crippen molar-refractivity contribution in [1.82, 2.24) is 4.98 Å². The van der Waals surface area contributed by atoms with E-state index in [4.69, 9.17) is 27.9 Å². The van der Waals surface area contributed by atoms with Gasteiger partial charge in [0.25, 0.3) is 15.6 Å². The minimum absolute atomic E-state index is 0.168. The van der Waals surface area contributed by atoms with Gasteiger partial charge in [-0.3, -0.25) is 9.52 Å². The highest BCUT2D eigenvalue weighted by atomic mass is 35.5. The van der Waals surface area contributed by atoms with Crippen molar-refractivity contribution in [3.63, 3.8) is 0 Å². The number of anilines is 1. The van der Waals surface area contributed by atoms with Gasteiger partial charge in [0.15, 0.2) is 0 Å². The maximum absolute atomic E-state index is 12.2. The lowest BCUT2D eigenvalue weighted by molar-refractivity contribution is 0.415. The number of benzene rings is 1. The second kappa shape index (κ2) is 5.97. The first kappa shape index (κ1) is 15.7. The van der Waals surface area contributed by atoms with Crippen LogP contribution in [0.2, 0.25) is 10.0 Å². The molecule has 1 aromatic heterocycles. The normalized spacial score (nSPS) is 11.2. The predicted octanol–water partition coefficient (Wildman–Crippen LogP) is 2.49. The van der Waals surface area contributed by atoms with Gasteiger partial charge in [0.05, 0.1) is 17.8 Å². The Kier molecular flexibility index (Phi) is 4.46. The first-order valence-electron chi connectivity index (χ1n) is 5.58. The van der Waals surface area contributed by atoms with E-state index in [1.807, 2.05) is 0 Å². The predicted molar refractivity (Wildman–Crippen MR) is 80.9 cm³/mol. The van der Waals surface area contributed by atoms with Crippen molar-refractivity contribution in [3.05, 3.63) is 50.9 Å². The van der Waals surface area contributed by atoms with Crippen LogP contribution in [0.5, 0.6) is 5.75 Å². The van der Waals surface area contributed by atoms with E-state index in [1.54, 1.807) is 0 Å². The van der Waals surface area contributed by atoms with Crippen LogP contribution in [0.3, 0.4) is 0 Å². The van der Waals surface area contributed by atoms with Crippen molar-refractivity contribution in [3.8, 4) is 5.75 Å². The van der Waals surface area contributed by atoms with Crippen LogP contribution in [-0.4, -0.2) is 20.5 Å². The number of pyridine rings is 1. The second-order valence-corrected chi connectivity index (χ2v) is 6.46. The lowest BCUT2D eigenvalue weighted by Crippen LogP contribution is -2.16. The van der Waals surface area contributed by atoms with Crippen LogP contribution >= 0.6 is 23.2 Å². The summed E-state index contributed by atoms with van der Waals surface area (Å²) >= 11 is 11.5. The molecule has 0 amide bonds. The van der Waals surface area contributed by atoms with E-state index in [0.29, 0.717) is 5.75 Å². The molecule has 0 saturated carbocycles. The number of methoxy groups -OCH3 is 1. The number of rotatable bonds is 4. The Morgan fingerprint density at radius 3 is 2.48 bits per heavy atom. The van der Waals surface area contributed by atoms with Gasteiger partial charge < -0.3 is 9.72 Å². The zero-order valence-electron chi connectivity index (χ0n) is 10.7. The zero-order chi connectivity index (χ0) is 15.6. The van der Waals surface area contributed by atoms with Gasteiger partial charge >= 0.3 is 0 Å². The van der Waals surface area contributed by atoms with E-state index in [2.05, 4.69) is 9.71 Å². The molecule has 2 aromatic rings. The molecule has 6 nitrogen and oxygen atoms in total. The van der Waals surface area contributed by atoms with Crippen molar-refractivity contribution in [2.75, 3.05) is 11.8 Å². The standard InChI is InChI=1S/C12H10Cl2N2O4S/c1-20-11-3-2-7(4-9(11)13)16-21(18,19)8-5-10(14)12(17)15-6-8/h2-6,16H,1H3,(H,15,17). The van der Waals surface area contributed by atoms with Crippen molar-refractivity contribution < 1.29 is 13.2 Å². The van der Waals surface area contributed by atoms with Crippen LogP contribution in [0.1, 0.15) is 0 Å². The van der Waals surface area contributed by atoms with Gasteiger partial charge in [-0.15, -0.1) is 0 Å². The SMILES string of the molecule is COc1ccc(NS(=O)(=O)c2c[nH]c(=O)c(Cl)c2)cc1Cl. The number of aromatic nitrogens is 1. The van der Waals surface area contributed by atoms with Gasteiger partial charge in [-0.1, -0.05) is 23.2 Å². The molecular weight excluding hydrogens is 339 g/mol. The molecule has 0 atom stereocenters. The number of nitrogens with one attached hydrogen (secondary N) is 2. The van der Waals surface area contributed by atoms with Crippen molar-refractivity contribution in [2.45, 2.75) is 4.90 Å². The van der Waals surface area contributed by atoms with E-state index >= 15 is 0 Å². The number of halogens is 2. The monoisotopic (exact) mass is 348 g/mol. The largest absolute Gasteiger partial charge is 0.495 e. The highest BCUT2D eigenvalue weighted by Crippen LogP contribution is 2.28. The number of ether oxygens (including phenoxy) is 1. The first-order valence-corrected chi connectivity index (χ1v) is 7.82. The Bertz CT molecular complexity index is 833. The fourth-order valence-electron chi connectivity index (χ4n) is 1.54. The Morgan fingerprint density at radius 1 is 1.19 bits per heavy atom. The smallest absolute Gasteiger partial charge is 0.266 e. The Labute approximate surface area is 130 Å². The molecule has 0 unspecified atom stereocenters. The van der Waals surface area contributed by atoms with Crippen LogP contribution in [0, 0.1) is 0 Å². The summed E-state index contributed by atoms with van der Waals surface area (Å²) in [6.07, 6.45) is 1.06. The highest BCUT2D eigenvalue weighted by Gasteiger charge is 2.16. The summed E-state index contributed by atoms with van der Waals surface area (Å²) in [4.78, 5) is 13.2. The van der Waals surface area contributed by atoms with Gasteiger partial charge in [-0.05, 0) is 24.3 Å². The molecule has 2 N–H and O–H groups in total. The molecule has 0 aliphatic rings. The van der Waals surface area contributed by atoms with Gasteiger partial charge in [0, 0.05) is 6.20 Å². The average Bonchev–Trinajstić information content (AvgIpc) is 2.41. The van der Waals surface area contributed by atoms with E-state index in [0.717, 1.165) is 12.3 Å². The summed E-state index contributed by atoms with van der Waals surface area (Å²) in [5, 5.41) is 0.0443. The van der Waals surface area contributed by atoms with Crippen molar-refractivity contribution in [1.29, 1.82) is 0 Å². The molecule has 1 aromatic carbocycles. The minimum Gasteiger partial charge on any atom is -0.495 e. The minimum atomic E-state index is -3.89. The zero-order valence-corrected chi connectivity index (χ0v) is 13.0. The number of hydrogen-bond acceptors (Lipinski definition) is 4. The number of hydrogen-bond donors (Lipinski definition) is 2. The molecular formula is C12H10Cl2N2O4S.